The molecule has 3 rings (SSSR count). The summed E-state index contributed by atoms with van der Waals surface area (Å²) in [6, 6.07) is 9.85. The third kappa shape index (κ3) is 3.93. The largest absolute Gasteiger partial charge is 0.394 e. The van der Waals surface area contributed by atoms with Gasteiger partial charge in [0, 0.05) is 37.3 Å². The number of carbonyl (C=O) groups excluding carboxylic acids is 1. The van der Waals surface area contributed by atoms with E-state index >= 15 is 0 Å². The molecule has 1 amide bonds. The van der Waals surface area contributed by atoms with Gasteiger partial charge < -0.3 is 14.6 Å². The monoisotopic (exact) mass is 341 g/mol. The molecule has 1 aliphatic heterocycles. The lowest BCUT2D eigenvalue weighted by molar-refractivity contribution is -0.141. The van der Waals surface area contributed by atoms with Crippen molar-refractivity contribution in [2.24, 2.45) is 11.8 Å². The molecule has 25 heavy (non-hydrogen) atoms. The maximum absolute atomic E-state index is 13.3. The number of carbonyl (C=O) groups is 1. The van der Waals surface area contributed by atoms with Gasteiger partial charge in [-0.3, -0.25) is 4.79 Å². The number of aromatic nitrogens is 2. The number of nitrogens with zero attached hydrogens (tertiary/aromatic N) is 3. The molecule has 2 aromatic rings. The number of fused-ring (bicyclic) bond motifs is 1. The van der Waals surface area contributed by atoms with Gasteiger partial charge in [-0.25, -0.2) is 4.98 Å². The lowest BCUT2D eigenvalue weighted by Gasteiger charge is -2.37. The van der Waals surface area contributed by atoms with Crippen LogP contribution in [0.25, 0.3) is 0 Å². The van der Waals surface area contributed by atoms with Crippen LogP contribution in [-0.4, -0.2) is 38.1 Å². The average Bonchev–Trinajstić information content (AvgIpc) is 3.09. The van der Waals surface area contributed by atoms with Gasteiger partial charge in [0.05, 0.1) is 19.0 Å². The highest BCUT2D eigenvalue weighted by molar-refractivity contribution is 5.79. The second-order valence-corrected chi connectivity index (χ2v) is 7.21. The Morgan fingerprint density at radius 3 is 2.80 bits per heavy atom. The fourth-order valence-electron chi connectivity index (χ4n) is 3.62. The van der Waals surface area contributed by atoms with Crippen molar-refractivity contribution in [1.82, 2.24) is 14.5 Å². The number of imidazole rings is 1. The van der Waals surface area contributed by atoms with Crippen LogP contribution in [0.4, 0.5) is 0 Å². The van der Waals surface area contributed by atoms with Crippen molar-refractivity contribution in [2.75, 3.05) is 6.61 Å². The zero-order valence-corrected chi connectivity index (χ0v) is 15.0. The van der Waals surface area contributed by atoms with Crippen molar-refractivity contribution in [2.45, 2.75) is 45.8 Å². The van der Waals surface area contributed by atoms with Crippen LogP contribution < -0.4 is 0 Å². The highest BCUT2D eigenvalue weighted by Crippen LogP contribution is 2.25. The molecule has 1 N–H and O–H groups in total. The molecule has 1 aliphatic rings. The number of hydrogen-bond donors (Lipinski definition) is 1. The van der Waals surface area contributed by atoms with Gasteiger partial charge >= 0.3 is 0 Å². The van der Waals surface area contributed by atoms with E-state index in [9.17, 15) is 9.90 Å². The van der Waals surface area contributed by atoms with Gasteiger partial charge in [-0.15, -0.1) is 0 Å². The van der Waals surface area contributed by atoms with E-state index in [1.54, 1.807) is 0 Å². The van der Waals surface area contributed by atoms with Gasteiger partial charge in [0.25, 0.3) is 0 Å². The Kier molecular flexibility index (Phi) is 5.53. The highest BCUT2D eigenvalue weighted by atomic mass is 16.3. The number of aryl methyl sites for hydroxylation is 1. The van der Waals surface area contributed by atoms with Crippen LogP contribution in [-0.2, 0) is 24.3 Å². The smallest absolute Gasteiger partial charge is 0.226 e. The van der Waals surface area contributed by atoms with Crippen molar-refractivity contribution in [3.05, 3.63) is 54.1 Å². The normalized spacial score (nSPS) is 18.0. The molecular formula is C20H27N3O2. The summed E-state index contributed by atoms with van der Waals surface area (Å²) in [5, 5.41) is 9.91. The van der Waals surface area contributed by atoms with Crippen molar-refractivity contribution in [3.8, 4) is 0 Å². The van der Waals surface area contributed by atoms with Crippen LogP contribution in [0.5, 0.6) is 0 Å². The van der Waals surface area contributed by atoms with Crippen LogP contribution in [0.1, 0.15) is 31.5 Å². The lowest BCUT2D eigenvalue weighted by Crippen LogP contribution is -2.48. The molecule has 0 saturated carbocycles. The molecule has 0 bridgehead atoms. The molecule has 5 heteroatoms. The zero-order valence-electron chi connectivity index (χ0n) is 15.0. The predicted molar refractivity (Wildman–Crippen MR) is 96.7 cm³/mol. The SMILES string of the molecule is CC(C)[C@H](CO)N(Cc1ccccc1)C(=O)[C@@H]1CCn2cncc2C1. The summed E-state index contributed by atoms with van der Waals surface area (Å²) in [7, 11) is 0. The molecule has 0 spiro atoms. The second-order valence-electron chi connectivity index (χ2n) is 7.21. The summed E-state index contributed by atoms with van der Waals surface area (Å²) in [5.41, 5.74) is 2.21. The standard InChI is InChI=1S/C20H27N3O2/c1-15(2)19(13-24)23(12-16-6-4-3-5-7-16)20(25)17-8-9-22-14-21-11-18(22)10-17/h3-7,11,14-15,17,19,24H,8-10,12-13H2,1-2H3/t17-,19+/m1/s1. The van der Waals surface area contributed by atoms with Crippen molar-refractivity contribution < 1.29 is 9.90 Å². The Bertz CT molecular complexity index is 696. The molecule has 5 nitrogen and oxygen atoms in total. The summed E-state index contributed by atoms with van der Waals surface area (Å²) in [5.74, 6) is 0.302. The van der Waals surface area contributed by atoms with Crippen LogP contribution in [0.15, 0.2) is 42.9 Å². The zero-order chi connectivity index (χ0) is 17.8. The Morgan fingerprint density at radius 2 is 2.12 bits per heavy atom. The Balaban J connectivity index is 1.81. The minimum Gasteiger partial charge on any atom is -0.394 e. The third-order valence-corrected chi connectivity index (χ3v) is 5.16. The number of aliphatic hydroxyl groups is 1. The minimum atomic E-state index is -0.167. The molecule has 0 aliphatic carbocycles. The Hall–Kier alpha value is -2.14. The fraction of sp³-hybridized carbons (Fsp3) is 0.500. The van der Waals surface area contributed by atoms with E-state index in [1.807, 2.05) is 47.8 Å². The molecule has 2 heterocycles. The van der Waals surface area contributed by atoms with Gasteiger partial charge in [0.15, 0.2) is 0 Å². The summed E-state index contributed by atoms with van der Waals surface area (Å²) in [4.78, 5) is 19.4. The quantitative estimate of drug-likeness (QED) is 0.878. The molecule has 1 aromatic carbocycles. The number of benzene rings is 1. The molecule has 0 fully saturated rings. The maximum Gasteiger partial charge on any atom is 0.226 e. The summed E-state index contributed by atoms with van der Waals surface area (Å²) in [6.45, 7) is 5.47. The van der Waals surface area contributed by atoms with Gasteiger partial charge in [0.1, 0.15) is 0 Å². The first-order valence-corrected chi connectivity index (χ1v) is 9.04. The van der Waals surface area contributed by atoms with Gasteiger partial charge in [-0.1, -0.05) is 44.2 Å². The van der Waals surface area contributed by atoms with E-state index < -0.39 is 0 Å². The topological polar surface area (TPSA) is 58.4 Å². The minimum absolute atomic E-state index is 0.0130. The van der Waals surface area contributed by atoms with Gasteiger partial charge in [-0.2, -0.15) is 0 Å². The number of rotatable bonds is 6. The van der Waals surface area contributed by atoms with Crippen LogP contribution in [0.2, 0.25) is 0 Å². The molecule has 134 valence electrons. The first-order valence-electron chi connectivity index (χ1n) is 9.04. The van der Waals surface area contributed by atoms with Gasteiger partial charge in [-0.05, 0) is 17.9 Å². The van der Waals surface area contributed by atoms with Crippen LogP contribution >= 0.6 is 0 Å². The summed E-state index contributed by atoms with van der Waals surface area (Å²) < 4.78 is 2.12. The molecule has 0 unspecified atom stereocenters. The molecular weight excluding hydrogens is 314 g/mol. The van der Waals surface area contributed by atoms with Crippen LogP contribution in [0, 0.1) is 11.8 Å². The number of aliphatic hydroxyl groups excluding tert-OH is 1. The summed E-state index contributed by atoms with van der Waals surface area (Å²) in [6.07, 6.45) is 5.24. The predicted octanol–water partition coefficient (Wildman–Crippen LogP) is 2.49. The summed E-state index contributed by atoms with van der Waals surface area (Å²) >= 11 is 0. The first kappa shape index (κ1) is 17.7. The average molecular weight is 341 g/mol. The van der Waals surface area contributed by atoms with E-state index in [2.05, 4.69) is 23.4 Å². The van der Waals surface area contributed by atoms with E-state index in [0.717, 1.165) is 30.6 Å². The molecule has 1 aromatic heterocycles. The van der Waals surface area contributed by atoms with Crippen molar-refractivity contribution in [3.63, 3.8) is 0 Å². The number of hydrogen-bond acceptors (Lipinski definition) is 3. The molecule has 0 radical (unpaired) electrons. The fourth-order valence-corrected chi connectivity index (χ4v) is 3.62. The van der Waals surface area contributed by atoms with E-state index in [-0.39, 0.29) is 30.4 Å². The Morgan fingerprint density at radius 1 is 1.36 bits per heavy atom. The van der Waals surface area contributed by atoms with Crippen LogP contribution in [0.3, 0.4) is 0 Å². The van der Waals surface area contributed by atoms with E-state index in [0.29, 0.717) is 6.54 Å². The van der Waals surface area contributed by atoms with E-state index in [4.69, 9.17) is 0 Å². The van der Waals surface area contributed by atoms with Crippen molar-refractivity contribution >= 4 is 5.91 Å². The van der Waals surface area contributed by atoms with Crippen molar-refractivity contribution in [1.29, 1.82) is 0 Å². The second kappa shape index (κ2) is 7.83. The Labute approximate surface area is 149 Å². The molecule has 0 saturated heterocycles. The highest BCUT2D eigenvalue weighted by Gasteiger charge is 2.33. The lowest BCUT2D eigenvalue weighted by atomic mass is 9.92. The first-order chi connectivity index (χ1) is 12.1. The molecule has 2 atom stereocenters. The van der Waals surface area contributed by atoms with E-state index in [1.165, 1.54) is 0 Å². The van der Waals surface area contributed by atoms with Gasteiger partial charge in [0.2, 0.25) is 5.91 Å². The number of amides is 1. The third-order valence-electron chi connectivity index (χ3n) is 5.16. The maximum atomic E-state index is 13.3.